The predicted molar refractivity (Wildman–Crippen MR) is 110 cm³/mol. The number of pyridine rings is 1. The number of aryl methyl sites for hydroxylation is 1. The fourth-order valence-electron chi connectivity index (χ4n) is 2.71. The third-order valence-electron chi connectivity index (χ3n) is 4.02. The molecule has 1 aromatic carbocycles. The fraction of sp³-hybridized carbons (Fsp3) is 0.350. The highest BCUT2D eigenvalue weighted by Crippen LogP contribution is 2.27. The van der Waals surface area contributed by atoms with E-state index < -0.39 is 5.91 Å². The Morgan fingerprint density at radius 1 is 1.19 bits per heavy atom. The van der Waals surface area contributed by atoms with Gasteiger partial charge in [0.1, 0.15) is 0 Å². The van der Waals surface area contributed by atoms with E-state index in [0.29, 0.717) is 5.69 Å². The van der Waals surface area contributed by atoms with Crippen LogP contribution in [0.5, 0.6) is 0 Å². The Balaban J connectivity index is 2.01. The van der Waals surface area contributed by atoms with Crippen molar-refractivity contribution in [2.24, 2.45) is 11.7 Å². The molecule has 4 N–H and O–H groups in total. The van der Waals surface area contributed by atoms with E-state index in [4.69, 9.17) is 5.73 Å². The van der Waals surface area contributed by atoms with Crippen LogP contribution in [0.4, 0.5) is 5.69 Å². The van der Waals surface area contributed by atoms with E-state index in [1.54, 1.807) is 6.20 Å². The van der Waals surface area contributed by atoms with Gasteiger partial charge in [0, 0.05) is 11.1 Å². The molecule has 0 fully saturated rings. The minimum Gasteiger partial charge on any atom is -0.369 e. The Bertz CT molecular complexity index is 795. The number of anilines is 1. The molecule has 0 spiro atoms. The van der Waals surface area contributed by atoms with Crippen molar-refractivity contribution in [3.63, 3.8) is 0 Å². The quantitative estimate of drug-likeness (QED) is 0.576. The molecule has 2 rings (SSSR count). The standard InChI is InChI=1S/C20H26N4O2S/c1-13(2)19(20-14(3)7-6-10-22-20)23-11-18(26)24-15-8-4-5-9-16(15)27-12-17(21)25/h4-10,13,19,23H,11-12H2,1-3H3,(H2,21,25)(H,24,26). The van der Waals surface area contributed by atoms with Crippen molar-refractivity contribution in [1.29, 1.82) is 0 Å². The third kappa shape index (κ3) is 6.37. The van der Waals surface area contributed by atoms with E-state index in [1.807, 2.05) is 43.3 Å². The molecule has 27 heavy (non-hydrogen) atoms. The number of nitrogens with one attached hydrogen (secondary N) is 2. The lowest BCUT2D eigenvalue weighted by Gasteiger charge is -2.23. The van der Waals surface area contributed by atoms with Crippen LogP contribution >= 0.6 is 11.8 Å². The zero-order valence-electron chi connectivity index (χ0n) is 15.9. The SMILES string of the molecule is Cc1cccnc1C(NCC(=O)Nc1ccccc1SCC(N)=O)C(C)C. The molecule has 1 unspecified atom stereocenters. The lowest BCUT2D eigenvalue weighted by molar-refractivity contribution is -0.116. The molecule has 0 saturated heterocycles. The van der Waals surface area contributed by atoms with Crippen LogP contribution in [0, 0.1) is 12.8 Å². The number of carbonyl (C=O) groups is 2. The van der Waals surface area contributed by atoms with Crippen molar-refractivity contribution in [2.45, 2.75) is 31.7 Å². The van der Waals surface area contributed by atoms with Gasteiger partial charge in [-0.05, 0) is 36.6 Å². The molecule has 6 nitrogen and oxygen atoms in total. The van der Waals surface area contributed by atoms with Gasteiger partial charge >= 0.3 is 0 Å². The van der Waals surface area contributed by atoms with E-state index in [1.165, 1.54) is 11.8 Å². The number of para-hydroxylation sites is 1. The molecule has 0 bridgehead atoms. The van der Waals surface area contributed by atoms with Crippen LogP contribution in [0.25, 0.3) is 0 Å². The summed E-state index contributed by atoms with van der Waals surface area (Å²) in [4.78, 5) is 28.7. The summed E-state index contributed by atoms with van der Waals surface area (Å²) in [6, 6.07) is 11.3. The summed E-state index contributed by atoms with van der Waals surface area (Å²) in [5, 5.41) is 6.21. The number of nitrogens with zero attached hydrogens (tertiary/aromatic N) is 1. The zero-order valence-corrected chi connectivity index (χ0v) is 16.7. The van der Waals surface area contributed by atoms with Crippen molar-refractivity contribution < 1.29 is 9.59 Å². The number of hydrogen-bond acceptors (Lipinski definition) is 5. The first-order chi connectivity index (χ1) is 12.9. The summed E-state index contributed by atoms with van der Waals surface area (Å²) >= 11 is 1.31. The number of amides is 2. The van der Waals surface area contributed by atoms with E-state index in [9.17, 15) is 9.59 Å². The second-order valence-electron chi connectivity index (χ2n) is 6.61. The van der Waals surface area contributed by atoms with Crippen LogP contribution < -0.4 is 16.4 Å². The Morgan fingerprint density at radius 2 is 1.93 bits per heavy atom. The topological polar surface area (TPSA) is 97.1 Å². The first-order valence-electron chi connectivity index (χ1n) is 8.83. The number of hydrogen-bond donors (Lipinski definition) is 3. The van der Waals surface area contributed by atoms with E-state index in [-0.39, 0.29) is 30.2 Å². The highest BCUT2D eigenvalue weighted by molar-refractivity contribution is 8.00. The van der Waals surface area contributed by atoms with E-state index >= 15 is 0 Å². The minimum atomic E-state index is -0.395. The van der Waals surface area contributed by atoms with Crippen LogP contribution in [0.3, 0.4) is 0 Å². The van der Waals surface area contributed by atoms with E-state index in [0.717, 1.165) is 16.2 Å². The molecular formula is C20H26N4O2S. The van der Waals surface area contributed by atoms with Gasteiger partial charge in [0.25, 0.3) is 0 Å². The molecule has 1 aromatic heterocycles. The molecular weight excluding hydrogens is 360 g/mol. The van der Waals surface area contributed by atoms with Gasteiger partial charge in [0.2, 0.25) is 11.8 Å². The molecule has 1 heterocycles. The highest BCUT2D eigenvalue weighted by Gasteiger charge is 2.19. The molecule has 7 heteroatoms. The molecule has 2 amide bonds. The number of benzene rings is 1. The summed E-state index contributed by atoms with van der Waals surface area (Å²) in [6.45, 7) is 6.37. The average molecular weight is 387 g/mol. The Kier molecular flexibility index (Phi) is 7.82. The fourth-order valence-corrected chi connectivity index (χ4v) is 3.46. The normalized spacial score (nSPS) is 12.0. The van der Waals surface area contributed by atoms with Crippen molar-refractivity contribution in [3.05, 3.63) is 53.9 Å². The molecule has 0 saturated carbocycles. The molecule has 0 aliphatic rings. The summed E-state index contributed by atoms with van der Waals surface area (Å²) in [5.41, 5.74) is 7.93. The van der Waals surface area contributed by atoms with Crippen LogP contribution in [-0.2, 0) is 9.59 Å². The van der Waals surface area contributed by atoms with Gasteiger partial charge in [0.05, 0.1) is 29.7 Å². The summed E-state index contributed by atoms with van der Waals surface area (Å²) in [6.07, 6.45) is 1.77. The number of primary amides is 1. The number of thioether (sulfide) groups is 1. The summed E-state index contributed by atoms with van der Waals surface area (Å²) in [7, 11) is 0. The molecule has 144 valence electrons. The van der Waals surface area contributed by atoms with Crippen molar-refractivity contribution in [3.8, 4) is 0 Å². The van der Waals surface area contributed by atoms with Gasteiger partial charge in [-0.1, -0.05) is 32.0 Å². The largest absolute Gasteiger partial charge is 0.369 e. The zero-order chi connectivity index (χ0) is 19.8. The van der Waals surface area contributed by atoms with Gasteiger partial charge < -0.3 is 11.1 Å². The molecule has 0 radical (unpaired) electrons. The third-order valence-corrected chi connectivity index (χ3v) is 5.12. The molecule has 1 atom stereocenters. The lowest BCUT2D eigenvalue weighted by Crippen LogP contribution is -2.34. The lowest BCUT2D eigenvalue weighted by atomic mass is 9.97. The van der Waals surface area contributed by atoms with Crippen LogP contribution in [0.2, 0.25) is 0 Å². The van der Waals surface area contributed by atoms with Crippen molar-refractivity contribution in [1.82, 2.24) is 10.3 Å². The van der Waals surface area contributed by atoms with Gasteiger partial charge in [-0.15, -0.1) is 11.8 Å². The number of rotatable bonds is 9. The van der Waals surface area contributed by atoms with Crippen LogP contribution in [0.1, 0.15) is 31.1 Å². The Labute approximate surface area is 164 Å². The van der Waals surface area contributed by atoms with Crippen molar-refractivity contribution >= 4 is 29.3 Å². The Morgan fingerprint density at radius 3 is 2.59 bits per heavy atom. The average Bonchev–Trinajstić information content (AvgIpc) is 2.62. The van der Waals surface area contributed by atoms with Gasteiger partial charge in [-0.3, -0.25) is 19.9 Å². The smallest absolute Gasteiger partial charge is 0.238 e. The Hall–Kier alpha value is -2.38. The maximum atomic E-state index is 12.5. The highest BCUT2D eigenvalue weighted by atomic mass is 32.2. The first kappa shape index (κ1) is 20.9. The molecule has 0 aliphatic heterocycles. The number of aromatic nitrogens is 1. The molecule has 2 aromatic rings. The maximum absolute atomic E-state index is 12.5. The number of carbonyl (C=O) groups excluding carboxylic acids is 2. The minimum absolute atomic E-state index is 0.0172. The molecule has 0 aliphatic carbocycles. The second-order valence-corrected chi connectivity index (χ2v) is 7.62. The maximum Gasteiger partial charge on any atom is 0.238 e. The van der Waals surface area contributed by atoms with Crippen molar-refractivity contribution in [2.75, 3.05) is 17.6 Å². The summed E-state index contributed by atoms with van der Waals surface area (Å²) in [5.74, 6) is -0.0982. The summed E-state index contributed by atoms with van der Waals surface area (Å²) < 4.78 is 0. The number of nitrogens with two attached hydrogens (primary N) is 1. The van der Waals surface area contributed by atoms with Crippen LogP contribution in [-0.4, -0.2) is 29.1 Å². The van der Waals surface area contributed by atoms with Crippen LogP contribution in [0.15, 0.2) is 47.5 Å². The van der Waals surface area contributed by atoms with Gasteiger partial charge in [0.15, 0.2) is 0 Å². The predicted octanol–water partition coefficient (Wildman–Crippen LogP) is 2.89. The first-order valence-corrected chi connectivity index (χ1v) is 9.82. The van der Waals surface area contributed by atoms with Gasteiger partial charge in [-0.25, -0.2) is 0 Å². The van der Waals surface area contributed by atoms with Gasteiger partial charge in [-0.2, -0.15) is 0 Å². The monoisotopic (exact) mass is 386 g/mol. The van der Waals surface area contributed by atoms with E-state index in [2.05, 4.69) is 29.5 Å². The second kappa shape index (κ2) is 10.1.